The average molecular weight is 415 g/mol. The third-order valence-corrected chi connectivity index (χ3v) is 5.13. The Labute approximate surface area is 166 Å². The highest BCUT2D eigenvalue weighted by atomic mass is 32.2. The van der Waals surface area contributed by atoms with Crippen LogP contribution in [0.4, 0.5) is 5.69 Å². The fourth-order valence-corrected chi connectivity index (χ4v) is 3.21. The third kappa shape index (κ3) is 4.83. The van der Waals surface area contributed by atoms with E-state index in [1.165, 1.54) is 42.6 Å². The minimum Gasteiger partial charge on any atom is -0.352 e. The van der Waals surface area contributed by atoms with E-state index in [4.69, 9.17) is 5.14 Å². The van der Waals surface area contributed by atoms with Gasteiger partial charge < -0.3 is 5.32 Å². The van der Waals surface area contributed by atoms with E-state index in [1.54, 1.807) is 12.1 Å². The summed E-state index contributed by atoms with van der Waals surface area (Å²) in [5.41, 5.74) is 2.14. The number of primary sulfonamides is 1. The molecule has 0 saturated carbocycles. The average Bonchev–Trinajstić information content (AvgIpc) is 3.17. The highest BCUT2D eigenvalue weighted by Gasteiger charge is 2.16. The Bertz CT molecular complexity index is 1140. The van der Waals surface area contributed by atoms with Crippen molar-refractivity contribution in [2.45, 2.75) is 11.3 Å². The summed E-state index contributed by atoms with van der Waals surface area (Å²) in [6.07, 6.45) is 1.87. The number of sulfonamides is 1. The van der Waals surface area contributed by atoms with E-state index in [0.717, 1.165) is 5.56 Å². The second-order valence-corrected chi connectivity index (χ2v) is 7.72. The predicted octanol–water partition coefficient (Wildman–Crippen LogP) is 1.60. The molecule has 0 spiro atoms. The fraction of sp³-hybridized carbons (Fsp3) is 0.111. The number of rotatable bonds is 7. The molecule has 29 heavy (non-hydrogen) atoms. The number of aromatic amines is 1. The maximum Gasteiger partial charge on any atom is 0.269 e. The topological polar surface area (TPSA) is 161 Å². The van der Waals surface area contributed by atoms with Gasteiger partial charge in [0.15, 0.2) is 0 Å². The predicted molar refractivity (Wildman–Crippen MR) is 105 cm³/mol. The van der Waals surface area contributed by atoms with E-state index in [1.807, 2.05) is 0 Å². The fourth-order valence-electron chi connectivity index (χ4n) is 2.69. The molecule has 0 atom stereocenters. The van der Waals surface area contributed by atoms with E-state index >= 15 is 0 Å². The van der Waals surface area contributed by atoms with E-state index < -0.39 is 14.9 Å². The molecule has 4 N–H and O–H groups in total. The molecule has 2 aromatic carbocycles. The lowest BCUT2D eigenvalue weighted by molar-refractivity contribution is -0.384. The lowest BCUT2D eigenvalue weighted by atomic mass is 10.1. The van der Waals surface area contributed by atoms with Crippen molar-refractivity contribution in [3.63, 3.8) is 0 Å². The number of hydrogen-bond donors (Lipinski definition) is 3. The van der Waals surface area contributed by atoms with Gasteiger partial charge in [-0.2, -0.15) is 5.10 Å². The van der Waals surface area contributed by atoms with E-state index in [0.29, 0.717) is 29.8 Å². The number of carbonyl (C=O) groups excluding carboxylic acids is 1. The maximum atomic E-state index is 12.5. The number of amides is 1. The van der Waals surface area contributed by atoms with E-state index in [-0.39, 0.29) is 16.5 Å². The monoisotopic (exact) mass is 415 g/mol. The van der Waals surface area contributed by atoms with Crippen molar-refractivity contribution in [2.75, 3.05) is 6.54 Å². The van der Waals surface area contributed by atoms with Crippen LogP contribution in [0.1, 0.15) is 15.9 Å². The van der Waals surface area contributed by atoms with Gasteiger partial charge in [-0.1, -0.05) is 12.1 Å². The summed E-state index contributed by atoms with van der Waals surface area (Å²) in [4.78, 5) is 22.8. The Kier molecular flexibility index (Phi) is 5.71. The molecule has 1 amide bonds. The number of non-ortho nitro benzene ring substituents is 1. The molecule has 11 heteroatoms. The molecule has 0 unspecified atom stereocenters. The molecular formula is C18H17N5O5S. The number of hydrogen-bond acceptors (Lipinski definition) is 6. The standard InChI is InChI=1S/C18H17N5O5S/c19-29(27,28)15-7-1-12(2-8-15)9-10-20-18(24)16-11-21-22-17(16)13-3-5-14(6-4-13)23(25)26/h1-8,11H,9-10H2,(H,20,24)(H,21,22)(H2,19,27,28). The largest absolute Gasteiger partial charge is 0.352 e. The Balaban J connectivity index is 1.63. The van der Waals surface area contributed by atoms with Crippen LogP contribution in [0, 0.1) is 10.1 Å². The Morgan fingerprint density at radius 1 is 1.14 bits per heavy atom. The number of nitrogens with one attached hydrogen (secondary N) is 2. The summed E-state index contributed by atoms with van der Waals surface area (Å²) < 4.78 is 22.5. The molecule has 10 nitrogen and oxygen atoms in total. The summed E-state index contributed by atoms with van der Waals surface area (Å²) in [5, 5.41) is 25.2. The quantitative estimate of drug-likeness (QED) is 0.392. The zero-order valence-corrected chi connectivity index (χ0v) is 15.8. The van der Waals surface area contributed by atoms with Gasteiger partial charge in [-0.15, -0.1) is 0 Å². The van der Waals surface area contributed by atoms with Crippen molar-refractivity contribution in [2.24, 2.45) is 5.14 Å². The molecule has 0 saturated heterocycles. The zero-order chi connectivity index (χ0) is 21.0. The second kappa shape index (κ2) is 8.20. The second-order valence-electron chi connectivity index (χ2n) is 6.16. The molecule has 0 bridgehead atoms. The van der Waals surface area contributed by atoms with Crippen LogP contribution in [0.5, 0.6) is 0 Å². The van der Waals surface area contributed by atoms with Crippen LogP contribution in [-0.4, -0.2) is 36.0 Å². The first-order chi connectivity index (χ1) is 13.8. The number of nitrogens with zero attached hydrogens (tertiary/aromatic N) is 2. The molecule has 1 heterocycles. The van der Waals surface area contributed by atoms with Crippen LogP contribution in [0.15, 0.2) is 59.6 Å². The Morgan fingerprint density at radius 3 is 2.38 bits per heavy atom. The molecule has 0 radical (unpaired) electrons. The lowest BCUT2D eigenvalue weighted by Gasteiger charge is -2.07. The van der Waals surface area contributed by atoms with Crippen LogP contribution >= 0.6 is 0 Å². The van der Waals surface area contributed by atoms with Crippen molar-refractivity contribution in [1.82, 2.24) is 15.5 Å². The van der Waals surface area contributed by atoms with Gasteiger partial charge in [-0.25, -0.2) is 13.6 Å². The minimum atomic E-state index is -3.74. The number of nitro benzene ring substituents is 1. The molecule has 0 fully saturated rings. The number of H-pyrrole nitrogens is 1. The van der Waals surface area contributed by atoms with E-state index in [9.17, 15) is 23.3 Å². The van der Waals surface area contributed by atoms with Gasteiger partial charge in [-0.05, 0) is 36.2 Å². The number of benzene rings is 2. The van der Waals surface area contributed by atoms with Crippen LogP contribution in [0.25, 0.3) is 11.3 Å². The first-order valence-corrected chi connectivity index (χ1v) is 9.98. The summed E-state index contributed by atoms with van der Waals surface area (Å²) >= 11 is 0. The molecular weight excluding hydrogens is 398 g/mol. The van der Waals surface area contributed by atoms with Gasteiger partial charge in [0.2, 0.25) is 10.0 Å². The van der Waals surface area contributed by atoms with Crippen molar-refractivity contribution in [3.8, 4) is 11.3 Å². The SMILES string of the molecule is NS(=O)(=O)c1ccc(CCNC(=O)c2cn[nH]c2-c2ccc([N+](=O)[O-])cc2)cc1. The highest BCUT2D eigenvalue weighted by Crippen LogP contribution is 2.23. The summed E-state index contributed by atoms with van der Waals surface area (Å²) in [7, 11) is -3.74. The first kappa shape index (κ1) is 20.2. The molecule has 3 aromatic rings. The smallest absolute Gasteiger partial charge is 0.269 e. The first-order valence-electron chi connectivity index (χ1n) is 8.44. The molecule has 3 rings (SSSR count). The van der Waals surface area contributed by atoms with Crippen LogP contribution < -0.4 is 10.5 Å². The third-order valence-electron chi connectivity index (χ3n) is 4.20. The lowest BCUT2D eigenvalue weighted by Crippen LogP contribution is -2.25. The van der Waals surface area contributed by atoms with Crippen LogP contribution in [0.2, 0.25) is 0 Å². The van der Waals surface area contributed by atoms with Gasteiger partial charge in [0.05, 0.1) is 27.3 Å². The van der Waals surface area contributed by atoms with Crippen molar-refractivity contribution in [3.05, 3.63) is 76.0 Å². The zero-order valence-electron chi connectivity index (χ0n) is 15.0. The molecule has 150 valence electrons. The number of nitro groups is 1. The molecule has 0 aliphatic carbocycles. The Hall–Kier alpha value is -3.57. The molecule has 0 aliphatic rings. The number of carbonyl (C=O) groups is 1. The summed E-state index contributed by atoms with van der Waals surface area (Å²) in [5.74, 6) is -0.353. The maximum absolute atomic E-state index is 12.5. The minimum absolute atomic E-state index is 0.0245. The Morgan fingerprint density at radius 2 is 1.79 bits per heavy atom. The van der Waals surface area contributed by atoms with Crippen LogP contribution in [-0.2, 0) is 16.4 Å². The van der Waals surface area contributed by atoms with E-state index in [2.05, 4.69) is 15.5 Å². The van der Waals surface area contributed by atoms with Gasteiger partial charge in [0.25, 0.3) is 11.6 Å². The molecule has 0 aliphatic heterocycles. The number of nitrogens with two attached hydrogens (primary N) is 1. The highest BCUT2D eigenvalue weighted by molar-refractivity contribution is 7.89. The van der Waals surface area contributed by atoms with Gasteiger partial charge >= 0.3 is 0 Å². The van der Waals surface area contributed by atoms with Crippen molar-refractivity contribution >= 4 is 21.6 Å². The van der Waals surface area contributed by atoms with Crippen molar-refractivity contribution in [1.29, 1.82) is 0 Å². The summed E-state index contributed by atoms with van der Waals surface area (Å²) in [6.45, 7) is 0.318. The molecule has 1 aromatic heterocycles. The van der Waals surface area contributed by atoms with Gasteiger partial charge in [0.1, 0.15) is 0 Å². The summed E-state index contributed by atoms with van der Waals surface area (Å²) in [6, 6.07) is 11.9. The normalized spacial score (nSPS) is 11.2. The van der Waals surface area contributed by atoms with Crippen LogP contribution in [0.3, 0.4) is 0 Å². The van der Waals surface area contributed by atoms with Gasteiger partial charge in [-0.3, -0.25) is 20.0 Å². The van der Waals surface area contributed by atoms with Crippen molar-refractivity contribution < 1.29 is 18.1 Å². The number of aromatic nitrogens is 2. The van der Waals surface area contributed by atoms with Gasteiger partial charge in [0, 0.05) is 24.2 Å².